The average molecular weight is 524 g/mol. The lowest BCUT2D eigenvalue weighted by atomic mass is 10.1. The van der Waals surface area contributed by atoms with Gasteiger partial charge in [-0.15, -0.1) is 0 Å². The number of carbonyl (C=O) groups is 1. The number of nitrogens with zero attached hydrogens (tertiary/aromatic N) is 2. The first-order valence-electron chi connectivity index (χ1n) is 10.2. The van der Waals surface area contributed by atoms with Crippen LogP contribution in [0.25, 0.3) is 0 Å². The number of sulfonamides is 1. The SMILES string of the molecule is Cc1ccc(S(=O)(=O)N(CC(=O)N/N=C\c2ccccc2C(F)(F)F)c2ccc(Cl)cc2C)cc1. The topological polar surface area (TPSA) is 78.8 Å². The highest BCUT2D eigenvalue weighted by molar-refractivity contribution is 7.92. The Balaban J connectivity index is 1.89. The van der Waals surface area contributed by atoms with Crippen molar-refractivity contribution in [1.82, 2.24) is 5.43 Å². The van der Waals surface area contributed by atoms with Crippen LogP contribution in [0.2, 0.25) is 5.02 Å². The van der Waals surface area contributed by atoms with Gasteiger partial charge in [0.2, 0.25) is 0 Å². The molecule has 11 heteroatoms. The fourth-order valence-corrected chi connectivity index (χ4v) is 4.96. The van der Waals surface area contributed by atoms with Gasteiger partial charge < -0.3 is 0 Å². The number of amides is 1. The Morgan fingerprint density at radius 3 is 2.34 bits per heavy atom. The van der Waals surface area contributed by atoms with Crippen molar-refractivity contribution in [2.75, 3.05) is 10.8 Å². The quantitative estimate of drug-likeness (QED) is 0.336. The van der Waals surface area contributed by atoms with E-state index >= 15 is 0 Å². The Morgan fingerprint density at radius 2 is 1.71 bits per heavy atom. The van der Waals surface area contributed by atoms with E-state index in [0.29, 0.717) is 10.6 Å². The zero-order valence-corrected chi connectivity index (χ0v) is 20.2. The molecule has 3 aromatic carbocycles. The Labute approximate surface area is 206 Å². The molecule has 0 fully saturated rings. The van der Waals surface area contributed by atoms with Crippen LogP contribution in [0, 0.1) is 13.8 Å². The highest BCUT2D eigenvalue weighted by atomic mass is 35.5. The zero-order chi connectivity index (χ0) is 25.8. The van der Waals surface area contributed by atoms with Gasteiger partial charge in [0.1, 0.15) is 6.54 Å². The van der Waals surface area contributed by atoms with Crippen LogP contribution in [-0.4, -0.2) is 27.1 Å². The average Bonchev–Trinajstić information content (AvgIpc) is 2.78. The summed E-state index contributed by atoms with van der Waals surface area (Å²) in [6.45, 7) is 2.78. The number of anilines is 1. The van der Waals surface area contributed by atoms with E-state index in [2.05, 4.69) is 10.5 Å². The number of hydrogen-bond donors (Lipinski definition) is 1. The molecule has 0 radical (unpaired) electrons. The Morgan fingerprint density at radius 1 is 1.06 bits per heavy atom. The second-order valence-electron chi connectivity index (χ2n) is 7.63. The summed E-state index contributed by atoms with van der Waals surface area (Å²) < 4.78 is 67.2. The number of alkyl halides is 3. The summed E-state index contributed by atoms with van der Waals surface area (Å²) in [7, 11) is -4.18. The van der Waals surface area contributed by atoms with Gasteiger partial charge in [0.25, 0.3) is 15.9 Å². The van der Waals surface area contributed by atoms with Crippen LogP contribution < -0.4 is 9.73 Å². The van der Waals surface area contributed by atoms with Crippen molar-refractivity contribution in [3.63, 3.8) is 0 Å². The first kappa shape index (κ1) is 26.2. The smallest absolute Gasteiger partial charge is 0.271 e. The molecule has 6 nitrogen and oxygen atoms in total. The predicted molar refractivity (Wildman–Crippen MR) is 129 cm³/mol. The molecule has 3 aromatic rings. The van der Waals surface area contributed by atoms with Crippen LogP contribution in [0.1, 0.15) is 22.3 Å². The van der Waals surface area contributed by atoms with Gasteiger partial charge in [-0.2, -0.15) is 18.3 Å². The van der Waals surface area contributed by atoms with Gasteiger partial charge >= 0.3 is 6.18 Å². The van der Waals surface area contributed by atoms with Crippen LogP contribution in [-0.2, 0) is 21.0 Å². The van der Waals surface area contributed by atoms with Crippen molar-refractivity contribution in [3.8, 4) is 0 Å². The first-order chi connectivity index (χ1) is 16.4. The summed E-state index contributed by atoms with van der Waals surface area (Å²) in [6.07, 6.45) is -3.75. The van der Waals surface area contributed by atoms with Crippen LogP contribution in [0.5, 0.6) is 0 Å². The van der Waals surface area contributed by atoms with Gasteiger partial charge in [-0.25, -0.2) is 13.8 Å². The van der Waals surface area contributed by atoms with Gasteiger partial charge in [0.05, 0.1) is 22.4 Å². The second kappa shape index (κ2) is 10.5. The number of benzene rings is 3. The maximum atomic E-state index is 13.4. The molecule has 0 aliphatic heterocycles. The van der Waals surface area contributed by atoms with E-state index < -0.39 is 34.2 Å². The molecule has 0 atom stereocenters. The Bertz CT molecular complexity index is 1360. The van der Waals surface area contributed by atoms with Crippen LogP contribution in [0.4, 0.5) is 18.9 Å². The molecule has 0 bridgehead atoms. The summed E-state index contributed by atoms with van der Waals surface area (Å²) in [5, 5.41) is 3.98. The molecule has 0 saturated heterocycles. The molecule has 0 unspecified atom stereocenters. The van der Waals surface area contributed by atoms with E-state index in [9.17, 15) is 26.4 Å². The lowest BCUT2D eigenvalue weighted by Gasteiger charge is -2.25. The number of carbonyl (C=O) groups excluding carboxylic acids is 1. The summed E-state index contributed by atoms with van der Waals surface area (Å²) in [5.41, 5.74) is 2.51. The fourth-order valence-electron chi connectivity index (χ4n) is 3.24. The molecule has 0 aromatic heterocycles. The molecular weight excluding hydrogens is 503 g/mol. The molecule has 0 aliphatic rings. The van der Waals surface area contributed by atoms with Crippen molar-refractivity contribution >= 4 is 39.4 Å². The minimum absolute atomic E-state index is 0.0344. The highest BCUT2D eigenvalue weighted by Gasteiger charge is 2.32. The van der Waals surface area contributed by atoms with Crippen LogP contribution in [0.15, 0.2) is 76.7 Å². The third kappa shape index (κ3) is 6.40. The third-order valence-electron chi connectivity index (χ3n) is 4.98. The standard InChI is InChI=1S/C24H21ClF3N3O3S/c1-16-7-10-20(11-8-16)35(33,34)31(22-12-9-19(25)13-17(22)2)15-23(32)30-29-14-18-5-3-4-6-21(18)24(26,27)28/h3-14H,15H2,1-2H3,(H,30,32)/b29-14-. The van der Waals surface area contributed by atoms with Gasteiger partial charge in [-0.1, -0.05) is 47.5 Å². The Hall–Kier alpha value is -3.37. The van der Waals surface area contributed by atoms with Gasteiger partial charge in [0, 0.05) is 10.6 Å². The lowest BCUT2D eigenvalue weighted by Crippen LogP contribution is -2.40. The van der Waals surface area contributed by atoms with E-state index in [0.717, 1.165) is 22.1 Å². The van der Waals surface area contributed by atoms with Crippen molar-refractivity contribution < 1.29 is 26.4 Å². The Kier molecular flexibility index (Phi) is 7.86. The number of aryl methyl sites for hydroxylation is 2. The maximum absolute atomic E-state index is 13.4. The number of hydrazone groups is 1. The molecule has 0 heterocycles. The fraction of sp³-hybridized carbons (Fsp3) is 0.167. The normalized spacial score (nSPS) is 12.1. The zero-order valence-electron chi connectivity index (χ0n) is 18.7. The molecule has 0 saturated carbocycles. The van der Waals surface area contributed by atoms with E-state index in [-0.39, 0.29) is 16.1 Å². The van der Waals surface area contributed by atoms with Crippen molar-refractivity contribution in [1.29, 1.82) is 0 Å². The van der Waals surface area contributed by atoms with Crippen molar-refractivity contribution in [2.45, 2.75) is 24.9 Å². The van der Waals surface area contributed by atoms with E-state index in [1.807, 2.05) is 0 Å². The molecule has 35 heavy (non-hydrogen) atoms. The molecule has 1 N–H and O–H groups in total. The van der Waals surface area contributed by atoms with E-state index in [4.69, 9.17) is 11.6 Å². The van der Waals surface area contributed by atoms with Crippen molar-refractivity contribution in [3.05, 3.63) is 94.0 Å². The highest BCUT2D eigenvalue weighted by Crippen LogP contribution is 2.31. The largest absolute Gasteiger partial charge is 0.417 e. The van der Waals surface area contributed by atoms with E-state index in [1.165, 1.54) is 42.5 Å². The molecule has 1 amide bonds. The minimum atomic E-state index is -4.60. The van der Waals surface area contributed by atoms with Crippen LogP contribution in [0.3, 0.4) is 0 Å². The third-order valence-corrected chi connectivity index (χ3v) is 6.99. The van der Waals surface area contributed by atoms with Crippen molar-refractivity contribution in [2.24, 2.45) is 5.10 Å². The number of halogens is 4. The monoisotopic (exact) mass is 523 g/mol. The summed E-state index contributed by atoms with van der Waals surface area (Å²) in [6, 6.07) is 15.3. The number of rotatable bonds is 7. The van der Waals surface area contributed by atoms with E-state index in [1.54, 1.807) is 32.0 Å². The summed E-state index contributed by atoms with van der Waals surface area (Å²) >= 11 is 6.00. The van der Waals surface area contributed by atoms with Gasteiger partial charge in [0.15, 0.2) is 0 Å². The van der Waals surface area contributed by atoms with Gasteiger partial charge in [-0.05, 0) is 55.8 Å². The predicted octanol–water partition coefficient (Wildman–Crippen LogP) is 5.32. The number of hydrogen-bond acceptors (Lipinski definition) is 4. The first-order valence-corrected chi connectivity index (χ1v) is 12.0. The van der Waals surface area contributed by atoms with Crippen LogP contribution >= 0.6 is 11.6 Å². The summed E-state index contributed by atoms with van der Waals surface area (Å²) in [4.78, 5) is 12.6. The lowest BCUT2D eigenvalue weighted by molar-refractivity contribution is -0.137. The molecule has 3 rings (SSSR count). The summed E-state index contributed by atoms with van der Waals surface area (Å²) in [5.74, 6) is -0.851. The number of nitrogens with one attached hydrogen (secondary N) is 1. The molecule has 0 aliphatic carbocycles. The molecule has 184 valence electrons. The van der Waals surface area contributed by atoms with Gasteiger partial charge in [-0.3, -0.25) is 9.10 Å². The minimum Gasteiger partial charge on any atom is -0.271 e. The molecule has 0 spiro atoms. The second-order valence-corrected chi connectivity index (χ2v) is 9.93. The maximum Gasteiger partial charge on any atom is 0.417 e. The molecular formula is C24H21ClF3N3O3S.